The predicted octanol–water partition coefficient (Wildman–Crippen LogP) is 0.554. The number of benzene rings is 1. The van der Waals surface area contributed by atoms with E-state index in [0.717, 1.165) is 5.52 Å². The van der Waals surface area contributed by atoms with E-state index in [1.807, 2.05) is 18.2 Å². The highest BCUT2D eigenvalue weighted by molar-refractivity contribution is 6.05. The highest BCUT2D eigenvalue weighted by Crippen LogP contribution is 2.20. The standard InChI is InChI=1S/C20H28N4O5/c1-13(21-19(26)18-16-5-3-4-6-17(16)22-23-18)20(27)24-10-14(12-25)9-15(11-24)29-8-7-28-2/h3-6,13-15,25H,7-12H2,1-2H3,(H,21,26)(H,22,23)/t13-,14-,15-/m1/s1. The van der Waals surface area contributed by atoms with Crippen LogP contribution in [0.3, 0.4) is 0 Å². The van der Waals surface area contributed by atoms with E-state index in [4.69, 9.17) is 9.47 Å². The van der Waals surface area contributed by atoms with Crippen LogP contribution in [0.15, 0.2) is 24.3 Å². The number of H-pyrrole nitrogens is 1. The number of piperidine rings is 1. The van der Waals surface area contributed by atoms with Crippen LogP contribution in [0.25, 0.3) is 10.9 Å². The molecule has 0 aliphatic carbocycles. The molecule has 2 amide bonds. The molecule has 2 heterocycles. The number of ether oxygens (including phenoxy) is 2. The van der Waals surface area contributed by atoms with E-state index in [1.54, 1.807) is 25.0 Å². The van der Waals surface area contributed by atoms with Crippen molar-refractivity contribution in [3.8, 4) is 0 Å². The first kappa shape index (κ1) is 21.2. The van der Waals surface area contributed by atoms with Crippen LogP contribution in [0.2, 0.25) is 0 Å². The maximum absolute atomic E-state index is 12.9. The quantitative estimate of drug-likeness (QED) is 0.554. The summed E-state index contributed by atoms with van der Waals surface area (Å²) in [6, 6.07) is 6.59. The van der Waals surface area contributed by atoms with Gasteiger partial charge in [-0.3, -0.25) is 14.7 Å². The molecule has 1 saturated heterocycles. The SMILES string of the molecule is COCCO[C@@H]1C[C@@H](CO)CN(C(=O)[C@@H](C)NC(=O)c2n[nH]c3ccccc23)C1. The van der Waals surface area contributed by atoms with Crippen molar-refractivity contribution < 1.29 is 24.2 Å². The van der Waals surface area contributed by atoms with E-state index in [9.17, 15) is 14.7 Å². The van der Waals surface area contributed by atoms with Crippen LogP contribution in [0.4, 0.5) is 0 Å². The average molecular weight is 404 g/mol. The van der Waals surface area contributed by atoms with Crippen LogP contribution in [-0.2, 0) is 14.3 Å². The first-order chi connectivity index (χ1) is 14.0. The zero-order valence-electron chi connectivity index (χ0n) is 16.8. The van der Waals surface area contributed by atoms with Gasteiger partial charge >= 0.3 is 0 Å². The summed E-state index contributed by atoms with van der Waals surface area (Å²) in [4.78, 5) is 27.2. The fourth-order valence-corrected chi connectivity index (χ4v) is 3.62. The Hall–Kier alpha value is -2.49. The topological polar surface area (TPSA) is 117 Å². The summed E-state index contributed by atoms with van der Waals surface area (Å²) in [5.41, 5.74) is 1.02. The number of aromatic amines is 1. The van der Waals surface area contributed by atoms with E-state index in [1.165, 1.54) is 0 Å². The molecule has 3 N–H and O–H groups in total. The van der Waals surface area contributed by atoms with E-state index in [2.05, 4.69) is 15.5 Å². The van der Waals surface area contributed by atoms with Crippen molar-refractivity contribution in [1.29, 1.82) is 0 Å². The first-order valence-electron chi connectivity index (χ1n) is 9.77. The molecule has 0 unspecified atom stereocenters. The molecule has 0 saturated carbocycles. The Kier molecular flexibility index (Phi) is 7.18. The number of aliphatic hydroxyl groups excluding tert-OH is 1. The van der Waals surface area contributed by atoms with Gasteiger partial charge in [0.15, 0.2) is 5.69 Å². The van der Waals surface area contributed by atoms with Crippen LogP contribution in [0.1, 0.15) is 23.8 Å². The van der Waals surface area contributed by atoms with Gasteiger partial charge in [-0.25, -0.2) is 0 Å². The lowest BCUT2D eigenvalue weighted by molar-refractivity contribution is -0.139. The van der Waals surface area contributed by atoms with Crippen molar-refractivity contribution in [3.05, 3.63) is 30.0 Å². The summed E-state index contributed by atoms with van der Waals surface area (Å²) in [6.45, 7) is 3.39. The third-order valence-electron chi connectivity index (χ3n) is 5.11. The number of carbonyl (C=O) groups is 2. The number of likely N-dealkylation sites (tertiary alicyclic amines) is 1. The van der Waals surface area contributed by atoms with E-state index < -0.39 is 11.9 Å². The number of fused-ring (bicyclic) bond motifs is 1. The van der Waals surface area contributed by atoms with E-state index in [-0.39, 0.29) is 30.2 Å². The molecular weight excluding hydrogens is 376 g/mol. The molecule has 2 aromatic rings. The minimum atomic E-state index is -0.727. The number of rotatable bonds is 8. The second-order valence-corrected chi connectivity index (χ2v) is 7.33. The molecule has 0 radical (unpaired) electrons. The summed E-state index contributed by atoms with van der Waals surface area (Å²) in [6.07, 6.45) is 0.516. The molecule has 29 heavy (non-hydrogen) atoms. The molecule has 1 aromatic carbocycles. The van der Waals surface area contributed by atoms with Crippen LogP contribution in [0, 0.1) is 5.92 Å². The number of hydrogen-bond donors (Lipinski definition) is 3. The van der Waals surface area contributed by atoms with Gasteiger partial charge in [0.05, 0.1) is 24.8 Å². The smallest absolute Gasteiger partial charge is 0.273 e. The van der Waals surface area contributed by atoms with Crippen molar-refractivity contribution in [1.82, 2.24) is 20.4 Å². The van der Waals surface area contributed by atoms with E-state index >= 15 is 0 Å². The number of nitrogens with zero attached hydrogens (tertiary/aromatic N) is 2. The fourth-order valence-electron chi connectivity index (χ4n) is 3.62. The van der Waals surface area contributed by atoms with Gasteiger partial charge in [-0.1, -0.05) is 18.2 Å². The van der Waals surface area contributed by atoms with Gasteiger partial charge < -0.3 is 24.8 Å². The van der Waals surface area contributed by atoms with Crippen LogP contribution >= 0.6 is 0 Å². The van der Waals surface area contributed by atoms with Gasteiger partial charge in [0.2, 0.25) is 5.91 Å². The highest BCUT2D eigenvalue weighted by Gasteiger charge is 2.33. The summed E-state index contributed by atoms with van der Waals surface area (Å²) in [5.74, 6) is -0.679. The molecule has 3 atom stereocenters. The van der Waals surface area contributed by atoms with Gasteiger partial charge in [0, 0.05) is 38.1 Å². The molecule has 0 bridgehead atoms. The van der Waals surface area contributed by atoms with Gasteiger partial charge in [-0.2, -0.15) is 5.10 Å². The van der Waals surface area contributed by atoms with E-state index in [0.29, 0.717) is 38.1 Å². The zero-order chi connectivity index (χ0) is 20.8. The number of aromatic nitrogens is 2. The minimum Gasteiger partial charge on any atom is -0.396 e. The maximum Gasteiger partial charge on any atom is 0.273 e. The first-order valence-corrected chi connectivity index (χ1v) is 9.77. The van der Waals surface area contributed by atoms with Gasteiger partial charge in [0.1, 0.15) is 6.04 Å². The fraction of sp³-hybridized carbons (Fsp3) is 0.550. The van der Waals surface area contributed by atoms with Gasteiger partial charge in [-0.05, 0) is 19.4 Å². The Morgan fingerprint density at radius 1 is 1.34 bits per heavy atom. The lowest BCUT2D eigenvalue weighted by atomic mass is 9.96. The molecule has 1 aromatic heterocycles. The zero-order valence-corrected chi connectivity index (χ0v) is 16.8. The number of hydrogen-bond acceptors (Lipinski definition) is 6. The molecular formula is C20H28N4O5. The second-order valence-electron chi connectivity index (χ2n) is 7.33. The molecule has 9 heteroatoms. The number of aliphatic hydroxyl groups is 1. The molecule has 1 aliphatic rings. The van der Waals surface area contributed by atoms with Crippen LogP contribution in [-0.4, -0.2) is 84.2 Å². The predicted molar refractivity (Wildman–Crippen MR) is 106 cm³/mol. The van der Waals surface area contributed by atoms with Crippen molar-refractivity contribution in [2.75, 3.05) is 40.0 Å². The van der Waals surface area contributed by atoms with Gasteiger partial charge in [-0.15, -0.1) is 0 Å². The summed E-state index contributed by atoms with van der Waals surface area (Å²) < 4.78 is 10.8. The average Bonchev–Trinajstić information content (AvgIpc) is 3.17. The number of para-hydroxylation sites is 1. The van der Waals surface area contributed by atoms with Crippen molar-refractivity contribution >= 4 is 22.7 Å². The Morgan fingerprint density at radius 2 is 2.14 bits per heavy atom. The van der Waals surface area contributed by atoms with Crippen molar-refractivity contribution in [2.45, 2.75) is 25.5 Å². The molecule has 0 spiro atoms. The summed E-state index contributed by atoms with van der Waals surface area (Å²) >= 11 is 0. The number of carbonyl (C=O) groups excluding carboxylic acids is 2. The highest BCUT2D eigenvalue weighted by atomic mass is 16.5. The minimum absolute atomic E-state index is 0.0199. The monoisotopic (exact) mass is 404 g/mol. The third-order valence-corrected chi connectivity index (χ3v) is 5.11. The molecule has 158 valence electrons. The van der Waals surface area contributed by atoms with Crippen LogP contribution in [0.5, 0.6) is 0 Å². The maximum atomic E-state index is 12.9. The Bertz CT molecular complexity index is 839. The molecule has 1 fully saturated rings. The second kappa shape index (κ2) is 9.82. The molecule has 1 aliphatic heterocycles. The summed E-state index contributed by atoms with van der Waals surface area (Å²) in [5, 5.41) is 19.9. The van der Waals surface area contributed by atoms with Crippen LogP contribution < -0.4 is 5.32 Å². The van der Waals surface area contributed by atoms with Crippen molar-refractivity contribution in [3.63, 3.8) is 0 Å². The largest absolute Gasteiger partial charge is 0.396 e. The van der Waals surface area contributed by atoms with Gasteiger partial charge in [0.25, 0.3) is 5.91 Å². The van der Waals surface area contributed by atoms with Crippen molar-refractivity contribution in [2.24, 2.45) is 5.92 Å². The Balaban J connectivity index is 1.62. The molecule has 9 nitrogen and oxygen atoms in total. The number of amides is 2. The Labute approximate surface area is 169 Å². The Morgan fingerprint density at radius 3 is 2.90 bits per heavy atom. The summed E-state index contributed by atoms with van der Waals surface area (Å²) in [7, 11) is 1.60. The normalized spacial score (nSPS) is 20.6. The lowest BCUT2D eigenvalue weighted by Crippen LogP contribution is -2.54. The third kappa shape index (κ3) is 5.11. The molecule has 3 rings (SSSR count). The number of methoxy groups -OCH3 is 1. The number of nitrogens with one attached hydrogen (secondary N) is 2. The lowest BCUT2D eigenvalue weighted by Gasteiger charge is -2.38.